The number of hydrogen-bond donors (Lipinski definition) is 1. The smallest absolute Gasteiger partial charge is 0.258 e. The molecular formula is C24H27N3O2. The Kier molecular flexibility index (Phi) is 5.49. The van der Waals surface area contributed by atoms with Gasteiger partial charge in [0.15, 0.2) is 0 Å². The summed E-state index contributed by atoms with van der Waals surface area (Å²) in [7, 11) is 2.14. The molecule has 1 saturated heterocycles. The van der Waals surface area contributed by atoms with Gasteiger partial charge in [0, 0.05) is 34.8 Å². The van der Waals surface area contributed by atoms with Crippen LogP contribution in [0.2, 0.25) is 0 Å². The van der Waals surface area contributed by atoms with E-state index in [9.17, 15) is 9.59 Å². The van der Waals surface area contributed by atoms with Crippen molar-refractivity contribution in [3.05, 3.63) is 76.2 Å². The van der Waals surface area contributed by atoms with Crippen LogP contribution in [0, 0.1) is 12.8 Å². The first-order valence-electron chi connectivity index (χ1n) is 10.2. The van der Waals surface area contributed by atoms with E-state index >= 15 is 0 Å². The summed E-state index contributed by atoms with van der Waals surface area (Å²) >= 11 is 0. The molecule has 0 radical (unpaired) electrons. The number of nitrogens with zero attached hydrogens (tertiary/aromatic N) is 2. The van der Waals surface area contributed by atoms with E-state index in [1.54, 1.807) is 6.07 Å². The van der Waals surface area contributed by atoms with Gasteiger partial charge in [-0.15, -0.1) is 0 Å². The first-order valence-corrected chi connectivity index (χ1v) is 10.2. The van der Waals surface area contributed by atoms with Crippen LogP contribution >= 0.6 is 0 Å². The summed E-state index contributed by atoms with van der Waals surface area (Å²) in [5, 5.41) is 4.39. The van der Waals surface area contributed by atoms with Crippen LogP contribution in [0.15, 0.2) is 59.5 Å². The minimum Gasteiger partial charge on any atom is -0.321 e. The fourth-order valence-corrected chi connectivity index (χ4v) is 4.07. The normalized spacial score (nSPS) is 15.5. The highest BCUT2D eigenvalue weighted by Crippen LogP contribution is 2.23. The van der Waals surface area contributed by atoms with Crippen LogP contribution in [0.5, 0.6) is 0 Å². The van der Waals surface area contributed by atoms with Crippen LogP contribution in [0.25, 0.3) is 10.8 Å². The number of likely N-dealkylation sites (tertiary alicyclic amines) is 1. The van der Waals surface area contributed by atoms with E-state index in [2.05, 4.69) is 17.3 Å². The number of carbonyl (C=O) groups excluding carboxylic acids is 1. The molecule has 150 valence electrons. The molecule has 4 rings (SSSR count). The number of aryl methyl sites for hydroxylation is 1. The molecule has 5 nitrogen and oxygen atoms in total. The lowest BCUT2D eigenvalue weighted by atomic mass is 9.97. The molecule has 1 N–H and O–H groups in total. The van der Waals surface area contributed by atoms with Crippen LogP contribution in [-0.4, -0.2) is 35.5 Å². The second-order valence-corrected chi connectivity index (χ2v) is 8.11. The Morgan fingerprint density at radius 3 is 2.59 bits per heavy atom. The second-order valence-electron chi connectivity index (χ2n) is 8.11. The predicted molar refractivity (Wildman–Crippen MR) is 118 cm³/mol. The van der Waals surface area contributed by atoms with E-state index in [0.717, 1.165) is 43.4 Å². The minimum absolute atomic E-state index is 0.00748. The monoisotopic (exact) mass is 389 g/mol. The van der Waals surface area contributed by atoms with Crippen LogP contribution in [0.1, 0.15) is 28.8 Å². The Bertz CT molecular complexity index is 1090. The Morgan fingerprint density at radius 1 is 1.07 bits per heavy atom. The zero-order chi connectivity index (χ0) is 20.4. The van der Waals surface area contributed by atoms with Crippen molar-refractivity contribution in [2.24, 2.45) is 5.92 Å². The Labute approximate surface area is 171 Å². The largest absolute Gasteiger partial charge is 0.321 e. The van der Waals surface area contributed by atoms with E-state index in [4.69, 9.17) is 0 Å². The number of pyridine rings is 1. The standard InChI is InChI=1S/C24H27N3O2/c1-17-5-3-6-19(15-17)23(28)25-22-8-4-7-21-20(22)11-14-27(24(21)29)16-18-9-12-26(2)13-10-18/h3-8,11,14-15,18H,9-10,12-13,16H2,1-2H3,(H,25,28). The third-order valence-electron chi connectivity index (χ3n) is 5.84. The lowest BCUT2D eigenvalue weighted by molar-refractivity contribution is 0.102. The first kappa shape index (κ1) is 19.4. The van der Waals surface area contributed by atoms with Crippen molar-refractivity contribution in [1.82, 2.24) is 9.47 Å². The number of fused-ring (bicyclic) bond motifs is 1. The van der Waals surface area contributed by atoms with Gasteiger partial charge in [-0.3, -0.25) is 9.59 Å². The molecule has 0 unspecified atom stereocenters. The Morgan fingerprint density at radius 2 is 1.83 bits per heavy atom. The number of benzene rings is 2. The van der Waals surface area contributed by atoms with E-state index in [1.165, 1.54) is 0 Å². The lowest BCUT2D eigenvalue weighted by Crippen LogP contribution is -2.33. The molecule has 0 spiro atoms. The Balaban J connectivity index is 1.59. The van der Waals surface area contributed by atoms with Gasteiger partial charge in [0.05, 0.1) is 0 Å². The third-order valence-corrected chi connectivity index (χ3v) is 5.84. The van der Waals surface area contributed by atoms with Crippen LogP contribution < -0.4 is 10.9 Å². The van der Waals surface area contributed by atoms with E-state index in [1.807, 2.05) is 60.2 Å². The van der Waals surface area contributed by atoms with Gasteiger partial charge in [0.25, 0.3) is 11.5 Å². The number of rotatable bonds is 4. The van der Waals surface area contributed by atoms with Crippen molar-refractivity contribution in [3.8, 4) is 0 Å². The zero-order valence-electron chi connectivity index (χ0n) is 17.0. The van der Waals surface area contributed by atoms with Crippen LogP contribution in [0.4, 0.5) is 5.69 Å². The van der Waals surface area contributed by atoms with Gasteiger partial charge in [-0.1, -0.05) is 23.8 Å². The summed E-state index contributed by atoms with van der Waals surface area (Å²) < 4.78 is 1.82. The number of piperidine rings is 1. The molecule has 1 aliphatic rings. The fourth-order valence-electron chi connectivity index (χ4n) is 4.07. The van der Waals surface area contributed by atoms with Crippen molar-refractivity contribution in [2.75, 3.05) is 25.5 Å². The van der Waals surface area contributed by atoms with Crippen molar-refractivity contribution >= 4 is 22.4 Å². The fraction of sp³-hybridized carbons (Fsp3) is 0.333. The zero-order valence-corrected chi connectivity index (χ0v) is 17.0. The average molecular weight is 389 g/mol. The number of hydrogen-bond acceptors (Lipinski definition) is 3. The number of carbonyl (C=O) groups is 1. The molecule has 5 heteroatoms. The SMILES string of the molecule is Cc1cccc(C(=O)Nc2cccc3c(=O)n(CC4CCN(C)CC4)ccc23)c1. The van der Waals surface area contributed by atoms with Crippen LogP contribution in [-0.2, 0) is 6.54 Å². The van der Waals surface area contributed by atoms with Crippen molar-refractivity contribution in [2.45, 2.75) is 26.3 Å². The summed E-state index contributed by atoms with van der Waals surface area (Å²) in [4.78, 5) is 28.0. The van der Waals surface area contributed by atoms with Crippen molar-refractivity contribution in [1.29, 1.82) is 0 Å². The molecule has 1 amide bonds. The number of aromatic nitrogens is 1. The molecular weight excluding hydrogens is 362 g/mol. The molecule has 2 heterocycles. The molecule has 0 atom stereocenters. The van der Waals surface area contributed by atoms with E-state index in [0.29, 0.717) is 22.6 Å². The summed E-state index contributed by atoms with van der Waals surface area (Å²) in [6, 6.07) is 14.9. The van der Waals surface area contributed by atoms with E-state index in [-0.39, 0.29) is 11.5 Å². The highest BCUT2D eigenvalue weighted by atomic mass is 16.1. The molecule has 2 aromatic carbocycles. The molecule has 0 aliphatic carbocycles. The molecule has 1 aromatic heterocycles. The van der Waals surface area contributed by atoms with Gasteiger partial charge in [-0.25, -0.2) is 0 Å². The Hall–Kier alpha value is -2.92. The molecule has 1 fully saturated rings. The maximum Gasteiger partial charge on any atom is 0.258 e. The molecule has 0 bridgehead atoms. The summed E-state index contributed by atoms with van der Waals surface area (Å²) in [5.74, 6) is 0.363. The molecule has 29 heavy (non-hydrogen) atoms. The highest BCUT2D eigenvalue weighted by Gasteiger charge is 2.18. The topological polar surface area (TPSA) is 54.3 Å². The third kappa shape index (κ3) is 4.25. The van der Waals surface area contributed by atoms with Gasteiger partial charge in [-0.2, -0.15) is 0 Å². The van der Waals surface area contributed by atoms with Crippen molar-refractivity contribution in [3.63, 3.8) is 0 Å². The predicted octanol–water partition coefficient (Wildman–Crippen LogP) is 3.90. The second kappa shape index (κ2) is 8.21. The number of nitrogens with one attached hydrogen (secondary N) is 1. The highest BCUT2D eigenvalue weighted by molar-refractivity contribution is 6.09. The summed E-state index contributed by atoms with van der Waals surface area (Å²) in [6.45, 7) is 4.88. The van der Waals surface area contributed by atoms with Gasteiger partial charge in [0.2, 0.25) is 0 Å². The van der Waals surface area contributed by atoms with Gasteiger partial charge in [0.1, 0.15) is 0 Å². The lowest BCUT2D eigenvalue weighted by Gasteiger charge is -2.29. The summed E-state index contributed by atoms with van der Waals surface area (Å²) in [5.41, 5.74) is 2.32. The van der Waals surface area contributed by atoms with E-state index < -0.39 is 0 Å². The number of amides is 1. The maximum atomic E-state index is 13.1. The van der Waals surface area contributed by atoms with Gasteiger partial charge in [-0.05, 0) is 76.2 Å². The van der Waals surface area contributed by atoms with Crippen molar-refractivity contribution < 1.29 is 4.79 Å². The minimum atomic E-state index is -0.170. The quantitative estimate of drug-likeness (QED) is 0.736. The first-order chi connectivity index (χ1) is 14.0. The molecule has 0 saturated carbocycles. The van der Waals surface area contributed by atoms with Crippen LogP contribution in [0.3, 0.4) is 0 Å². The van der Waals surface area contributed by atoms with Gasteiger partial charge >= 0.3 is 0 Å². The molecule has 1 aliphatic heterocycles. The summed E-state index contributed by atoms with van der Waals surface area (Å²) in [6.07, 6.45) is 4.10. The van der Waals surface area contributed by atoms with Gasteiger partial charge < -0.3 is 14.8 Å². The number of anilines is 1. The average Bonchev–Trinajstić information content (AvgIpc) is 2.72. The maximum absolute atomic E-state index is 13.1. The molecule has 3 aromatic rings.